The second-order valence-corrected chi connectivity index (χ2v) is 7.52. The lowest BCUT2D eigenvalue weighted by Gasteiger charge is -2.13. The summed E-state index contributed by atoms with van der Waals surface area (Å²) in [4.78, 5) is 20.3. The van der Waals surface area contributed by atoms with Crippen molar-refractivity contribution in [2.24, 2.45) is 0 Å². The Morgan fingerprint density at radius 2 is 2.29 bits per heavy atom. The van der Waals surface area contributed by atoms with Gasteiger partial charge in [-0.2, -0.15) is 0 Å². The van der Waals surface area contributed by atoms with E-state index in [-0.39, 0.29) is 35.2 Å². The molecule has 1 saturated heterocycles. The van der Waals surface area contributed by atoms with Gasteiger partial charge in [0.2, 0.25) is 5.95 Å². The Morgan fingerprint density at radius 1 is 1.52 bits per heavy atom. The summed E-state index contributed by atoms with van der Waals surface area (Å²) >= 11 is 0. The first-order chi connectivity index (χ1) is 9.89. The predicted octanol–water partition coefficient (Wildman–Crippen LogP) is 0.604. The highest BCUT2D eigenvalue weighted by Gasteiger charge is 2.29. The Hall–Kier alpha value is -1.70. The highest BCUT2D eigenvalue weighted by Crippen LogP contribution is 2.12. The van der Waals surface area contributed by atoms with E-state index in [2.05, 4.69) is 20.6 Å². The fourth-order valence-corrected chi connectivity index (χ4v) is 3.72. The molecule has 2 N–H and O–H groups in total. The van der Waals surface area contributed by atoms with Crippen molar-refractivity contribution in [3.8, 4) is 0 Å². The van der Waals surface area contributed by atoms with E-state index in [1.165, 1.54) is 12.3 Å². The van der Waals surface area contributed by atoms with E-state index < -0.39 is 9.84 Å². The number of amides is 1. The fourth-order valence-electron chi connectivity index (χ4n) is 2.05. The number of rotatable bonds is 5. The van der Waals surface area contributed by atoms with Crippen molar-refractivity contribution >= 4 is 21.7 Å². The number of hydrogen-bond acceptors (Lipinski definition) is 6. The molecule has 1 aliphatic heterocycles. The van der Waals surface area contributed by atoms with Crippen molar-refractivity contribution in [2.75, 3.05) is 16.8 Å². The van der Waals surface area contributed by atoms with Gasteiger partial charge in [-0.3, -0.25) is 4.79 Å². The average molecular weight is 312 g/mol. The van der Waals surface area contributed by atoms with E-state index in [0.717, 1.165) is 6.42 Å². The number of hydrogen-bond donors (Lipinski definition) is 2. The van der Waals surface area contributed by atoms with E-state index >= 15 is 0 Å². The summed E-state index contributed by atoms with van der Waals surface area (Å²) in [6, 6.07) is 1.40. The first-order valence-electron chi connectivity index (χ1n) is 7.00. The lowest BCUT2D eigenvalue weighted by atomic mass is 10.2. The molecule has 21 heavy (non-hydrogen) atoms. The second kappa shape index (κ2) is 6.38. The van der Waals surface area contributed by atoms with Crippen molar-refractivity contribution in [1.82, 2.24) is 15.3 Å². The molecule has 0 aliphatic carbocycles. The lowest BCUT2D eigenvalue weighted by Crippen LogP contribution is -2.36. The van der Waals surface area contributed by atoms with Crippen molar-refractivity contribution < 1.29 is 13.2 Å². The molecule has 1 fully saturated rings. The van der Waals surface area contributed by atoms with E-state index in [1.807, 2.05) is 13.8 Å². The van der Waals surface area contributed by atoms with Gasteiger partial charge in [-0.25, -0.2) is 18.4 Å². The van der Waals surface area contributed by atoms with Gasteiger partial charge in [0, 0.05) is 18.3 Å². The molecule has 0 radical (unpaired) electrons. The Labute approximate surface area is 124 Å². The third kappa shape index (κ3) is 4.38. The minimum Gasteiger partial charge on any atom is -0.352 e. The maximum atomic E-state index is 12.1. The van der Waals surface area contributed by atoms with Gasteiger partial charge in [0.25, 0.3) is 5.91 Å². The minimum atomic E-state index is -3.01. The summed E-state index contributed by atoms with van der Waals surface area (Å²) in [5, 5.41) is 5.80. The molecular weight excluding hydrogens is 292 g/mol. The first-order valence-corrected chi connectivity index (χ1v) is 8.82. The Balaban J connectivity index is 2.01. The van der Waals surface area contributed by atoms with Gasteiger partial charge in [-0.15, -0.1) is 0 Å². The van der Waals surface area contributed by atoms with E-state index in [0.29, 0.717) is 12.4 Å². The summed E-state index contributed by atoms with van der Waals surface area (Å²) in [5.41, 5.74) is 0.236. The van der Waals surface area contributed by atoms with Gasteiger partial charge in [0.1, 0.15) is 5.69 Å². The van der Waals surface area contributed by atoms with Crippen LogP contribution < -0.4 is 10.6 Å². The quantitative estimate of drug-likeness (QED) is 0.826. The van der Waals surface area contributed by atoms with Crippen molar-refractivity contribution in [3.63, 3.8) is 0 Å². The van der Waals surface area contributed by atoms with Crippen LogP contribution in [0.2, 0.25) is 0 Å². The molecule has 0 saturated carbocycles. The highest BCUT2D eigenvalue weighted by atomic mass is 32.2. The molecular formula is C13H20N4O3S. The molecule has 2 heterocycles. The smallest absolute Gasteiger partial charge is 0.270 e. The van der Waals surface area contributed by atoms with Gasteiger partial charge in [-0.1, -0.05) is 6.92 Å². The molecule has 2 unspecified atom stereocenters. The zero-order chi connectivity index (χ0) is 15.5. The molecule has 1 aliphatic rings. The Morgan fingerprint density at radius 3 is 2.90 bits per heavy atom. The molecule has 0 bridgehead atoms. The predicted molar refractivity (Wildman–Crippen MR) is 79.9 cm³/mol. The second-order valence-electron chi connectivity index (χ2n) is 5.29. The highest BCUT2D eigenvalue weighted by molar-refractivity contribution is 7.91. The number of carbonyl (C=O) groups excluding carboxylic acids is 1. The maximum absolute atomic E-state index is 12.1. The first kappa shape index (κ1) is 15.7. The number of nitrogens with one attached hydrogen (secondary N) is 2. The van der Waals surface area contributed by atoms with E-state index in [9.17, 15) is 13.2 Å². The van der Waals surface area contributed by atoms with Crippen LogP contribution >= 0.6 is 0 Å². The third-order valence-corrected chi connectivity index (χ3v) is 5.21. The van der Waals surface area contributed by atoms with Crippen molar-refractivity contribution in [3.05, 3.63) is 18.0 Å². The van der Waals surface area contributed by atoms with Crippen LogP contribution in [0.5, 0.6) is 0 Å². The molecule has 0 spiro atoms. The summed E-state index contributed by atoms with van der Waals surface area (Å²) in [6.45, 7) is 4.04. The zero-order valence-corrected chi connectivity index (χ0v) is 13.0. The van der Waals surface area contributed by atoms with Crippen LogP contribution in [-0.2, 0) is 9.84 Å². The molecule has 2 atom stereocenters. The van der Waals surface area contributed by atoms with Crippen LogP contribution in [0.15, 0.2) is 12.3 Å². The molecule has 116 valence electrons. The fraction of sp³-hybridized carbons (Fsp3) is 0.615. The monoisotopic (exact) mass is 312 g/mol. The van der Waals surface area contributed by atoms with Crippen LogP contribution in [0.4, 0.5) is 5.95 Å². The minimum absolute atomic E-state index is 0.00179. The summed E-state index contributed by atoms with van der Waals surface area (Å²) in [7, 11) is -3.01. The molecule has 7 nitrogen and oxygen atoms in total. The van der Waals surface area contributed by atoms with Crippen LogP contribution in [0.3, 0.4) is 0 Å². The van der Waals surface area contributed by atoms with E-state index in [4.69, 9.17) is 0 Å². The van der Waals surface area contributed by atoms with Gasteiger partial charge in [0.15, 0.2) is 9.84 Å². The topological polar surface area (TPSA) is 101 Å². The van der Waals surface area contributed by atoms with Gasteiger partial charge in [-0.05, 0) is 25.8 Å². The Bertz CT molecular complexity index is 618. The summed E-state index contributed by atoms with van der Waals surface area (Å²) in [6.07, 6.45) is 2.88. The summed E-state index contributed by atoms with van der Waals surface area (Å²) in [5.74, 6) is 0.160. The lowest BCUT2D eigenvalue weighted by molar-refractivity contribution is 0.0936. The molecule has 1 amide bonds. The zero-order valence-electron chi connectivity index (χ0n) is 12.2. The third-order valence-electron chi connectivity index (χ3n) is 3.44. The van der Waals surface area contributed by atoms with Crippen LogP contribution in [0.1, 0.15) is 37.2 Å². The van der Waals surface area contributed by atoms with Crippen LogP contribution in [-0.4, -0.2) is 47.9 Å². The largest absolute Gasteiger partial charge is 0.352 e. The number of carbonyl (C=O) groups is 1. The molecule has 1 aromatic heterocycles. The summed E-state index contributed by atoms with van der Waals surface area (Å²) < 4.78 is 22.8. The molecule has 0 aromatic carbocycles. The van der Waals surface area contributed by atoms with Gasteiger partial charge >= 0.3 is 0 Å². The van der Waals surface area contributed by atoms with Gasteiger partial charge in [0.05, 0.1) is 11.5 Å². The normalized spacial score (nSPS) is 21.7. The van der Waals surface area contributed by atoms with Crippen molar-refractivity contribution in [1.29, 1.82) is 0 Å². The number of sulfone groups is 1. The van der Waals surface area contributed by atoms with Crippen LogP contribution in [0.25, 0.3) is 0 Å². The number of aromatic nitrogens is 2. The number of anilines is 1. The standard InChI is InChI=1S/C13H20N4O3S/c1-3-9(2)15-13-14-6-4-11(17-13)12(18)16-10-5-7-21(19,20)8-10/h4,6,9-10H,3,5,7-8H2,1-2H3,(H,16,18)(H,14,15,17). The Kier molecular flexibility index (Phi) is 4.76. The number of nitrogens with zero attached hydrogens (tertiary/aromatic N) is 2. The average Bonchev–Trinajstić information content (AvgIpc) is 2.78. The van der Waals surface area contributed by atoms with Crippen LogP contribution in [0, 0.1) is 0 Å². The van der Waals surface area contributed by atoms with E-state index in [1.54, 1.807) is 0 Å². The molecule has 2 rings (SSSR count). The van der Waals surface area contributed by atoms with Gasteiger partial charge < -0.3 is 10.6 Å². The molecule has 1 aromatic rings. The maximum Gasteiger partial charge on any atom is 0.270 e. The molecule has 8 heteroatoms. The van der Waals surface area contributed by atoms with Crippen molar-refractivity contribution in [2.45, 2.75) is 38.8 Å². The SMILES string of the molecule is CCC(C)Nc1nccc(C(=O)NC2CCS(=O)(=O)C2)n1.